The number of benzene rings is 1. The number of hydrogen-bond donors (Lipinski definition) is 1. The number of aromatic nitrogens is 3. The Morgan fingerprint density at radius 1 is 1.56 bits per heavy atom. The number of carbonyl (C=O) groups is 1. The summed E-state index contributed by atoms with van der Waals surface area (Å²) in [5.74, 6) is -0.227. The second-order valence-electron chi connectivity index (χ2n) is 3.67. The van der Waals surface area contributed by atoms with Gasteiger partial charge in [0.1, 0.15) is 6.33 Å². The van der Waals surface area contributed by atoms with Crippen molar-refractivity contribution in [3.8, 4) is 5.69 Å². The lowest BCUT2D eigenvalue weighted by Crippen LogP contribution is -2.13. The molecule has 0 spiro atoms. The van der Waals surface area contributed by atoms with Crippen LogP contribution in [-0.2, 0) is 4.79 Å². The minimum atomic E-state index is -0.392. The molecule has 2 aromatic rings. The molecule has 0 aliphatic heterocycles. The number of nitrogens with two attached hydrogens (primary N) is 1. The van der Waals surface area contributed by atoms with E-state index in [1.807, 2.05) is 25.1 Å². The lowest BCUT2D eigenvalue weighted by Gasteiger charge is -2.07. The summed E-state index contributed by atoms with van der Waals surface area (Å²) in [5, 5.41) is 9.05. The van der Waals surface area contributed by atoms with Crippen LogP contribution in [0.2, 0.25) is 5.02 Å². The van der Waals surface area contributed by atoms with Crippen LogP contribution in [-0.4, -0.2) is 26.4 Å². The fourth-order valence-electron chi connectivity index (χ4n) is 1.37. The number of rotatable bonds is 4. The van der Waals surface area contributed by atoms with Crippen LogP contribution in [0.3, 0.4) is 0 Å². The van der Waals surface area contributed by atoms with Gasteiger partial charge in [0.05, 0.1) is 11.4 Å². The van der Waals surface area contributed by atoms with Gasteiger partial charge in [-0.15, -0.1) is 10.2 Å². The van der Waals surface area contributed by atoms with Crippen molar-refractivity contribution in [1.29, 1.82) is 0 Å². The van der Waals surface area contributed by atoms with Crippen molar-refractivity contribution in [3.63, 3.8) is 0 Å². The van der Waals surface area contributed by atoms with Crippen molar-refractivity contribution in [2.24, 2.45) is 5.73 Å². The van der Waals surface area contributed by atoms with Crippen molar-refractivity contribution < 1.29 is 4.79 Å². The minimum absolute atomic E-state index is 0.165. The third kappa shape index (κ3) is 2.83. The van der Waals surface area contributed by atoms with E-state index in [4.69, 9.17) is 17.3 Å². The number of nitrogens with zero attached hydrogens (tertiary/aromatic N) is 3. The number of amides is 1. The summed E-state index contributed by atoms with van der Waals surface area (Å²) >= 11 is 7.31. The maximum absolute atomic E-state index is 10.8. The molecule has 2 rings (SSSR count). The van der Waals surface area contributed by atoms with Crippen molar-refractivity contribution in [3.05, 3.63) is 35.1 Å². The molecular formula is C11H11ClN4OS. The summed E-state index contributed by atoms with van der Waals surface area (Å²) in [5.41, 5.74) is 6.95. The van der Waals surface area contributed by atoms with Crippen molar-refractivity contribution in [1.82, 2.24) is 14.8 Å². The smallest absolute Gasteiger partial charge is 0.227 e. The maximum Gasteiger partial charge on any atom is 0.227 e. The minimum Gasteiger partial charge on any atom is -0.369 e. The van der Waals surface area contributed by atoms with Gasteiger partial charge >= 0.3 is 0 Å². The van der Waals surface area contributed by atoms with E-state index >= 15 is 0 Å². The summed E-state index contributed by atoms with van der Waals surface area (Å²) in [6.07, 6.45) is 1.57. The molecule has 1 heterocycles. The SMILES string of the molecule is Cc1ccc(-n2cnnc2SCC(N)=O)cc1Cl. The number of hydrogen-bond acceptors (Lipinski definition) is 4. The van der Waals surface area contributed by atoms with E-state index in [1.54, 1.807) is 10.9 Å². The highest BCUT2D eigenvalue weighted by Gasteiger charge is 2.09. The van der Waals surface area contributed by atoms with Crippen molar-refractivity contribution >= 4 is 29.3 Å². The van der Waals surface area contributed by atoms with E-state index in [0.717, 1.165) is 11.3 Å². The Labute approximate surface area is 113 Å². The zero-order valence-electron chi connectivity index (χ0n) is 9.63. The molecule has 0 saturated heterocycles. The van der Waals surface area contributed by atoms with Gasteiger partial charge in [0, 0.05) is 5.02 Å². The van der Waals surface area contributed by atoms with Crippen LogP contribution in [0.5, 0.6) is 0 Å². The number of primary amides is 1. The van der Waals surface area contributed by atoms with Crippen LogP contribution in [0.1, 0.15) is 5.56 Å². The van der Waals surface area contributed by atoms with Crippen molar-refractivity contribution in [2.75, 3.05) is 5.75 Å². The largest absolute Gasteiger partial charge is 0.369 e. The molecule has 0 unspecified atom stereocenters. The second kappa shape index (κ2) is 5.41. The Kier molecular flexibility index (Phi) is 3.88. The Morgan fingerprint density at radius 2 is 2.33 bits per heavy atom. The van der Waals surface area contributed by atoms with E-state index in [2.05, 4.69) is 10.2 Å². The first-order valence-corrected chi connectivity index (χ1v) is 6.52. The zero-order valence-corrected chi connectivity index (χ0v) is 11.2. The van der Waals surface area contributed by atoms with Gasteiger partial charge in [-0.05, 0) is 24.6 Å². The molecule has 0 fully saturated rings. The molecule has 5 nitrogen and oxygen atoms in total. The molecule has 2 N–H and O–H groups in total. The molecule has 0 atom stereocenters. The average molecular weight is 283 g/mol. The van der Waals surface area contributed by atoms with Gasteiger partial charge in [0.2, 0.25) is 5.91 Å². The Balaban J connectivity index is 2.30. The monoisotopic (exact) mass is 282 g/mol. The van der Waals surface area contributed by atoms with E-state index in [0.29, 0.717) is 10.2 Å². The molecule has 1 aromatic carbocycles. The lowest BCUT2D eigenvalue weighted by atomic mass is 10.2. The summed E-state index contributed by atoms with van der Waals surface area (Å²) in [7, 11) is 0. The Morgan fingerprint density at radius 3 is 3.00 bits per heavy atom. The third-order valence-corrected chi connectivity index (χ3v) is 3.67. The van der Waals surface area contributed by atoms with E-state index in [-0.39, 0.29) is 5.75 Å². The van der Waals surface area contributed by atoms with E-state index in [1.165, 1.54) is 11.8 Å². The first-order valence-electron chi connectivity index (χ1n) is 5.15. The molecule has 0 bridgehead atoms. The Hall–Kier alpha value is -1.53. The molecule has 0 aliphatic rings. The average Bonchev–Trinajstić information content (AvgIpc) is 2.78. The van der Waals surface area contributed by atoms with Crippen LogP contribution < -0.4 is 5.73 Å². The normalized spacial score (nSPS) is 10.6. The molecule has 7 heteroatoms. The van der Waals surface area contributed by atoms with E-state index < -0.39 is 5.91 Å². The molecule has 1 aromatic heterocycles. The second-order valence-corrected chi connectivity index (χ2v) is 5.02. The molecule has 1 amide bonds. The quantitative estimate of drug-likeness (QED) is 0.868. The summed E-state index contributed by atoms with van der Waals surface area (Å²) in [4.78, 5) is 10.8. The van der Waals surface area contributed by atoms with E-state index in [9.17, 15) is 4.79 Å². The van der Waals surface area contributed by atoms with Gasteiger partial charge in [-0.3, -0.25) is 9.36 Å². The maximum atomic E-state index is 10.8. The van der Waals surface area contributed by atoms with Crippen molar-refractivity contribution in [2.45, 2.75) is 12.1 Å². The highest BCUT2D eigenvalue weighted by atomic mass is 35.5. The highest BCUT2D eigenvalue weighted by molar-refractivity contribution is 7.99. The summed E-state index contributed by atoms with van der Waals surface area (Å²) in [6.45, 7) is 1.93. The molecule has 0 saturated carbocycles. The first-order chi connectivity index (χ1) is 8.58. The van der Waals surface area contributed by atoms with Crippen LogP contribution in [0.4, 0.5) is 0 Å². The molecule has 94 valence electrons. The fraction of sp³-hybridized carbons (Fsp3) is 0.182. The number of aryl methyl sites for hydroxylation is 1. The first kappa shape index (κ1) is 12.9. The molecule has 0 radical (unpaired) electrons. The fourth-order valence-corrected chi connectivity index (χ4v) is 2.21. The standard InChI is InChI=1S/C11H11ClN4OS/c1-7-2-3-8(4-9(7)12)16-6-14-15-11(16)18-5-10(13)17/h2-4,6H,5H2,1H3,(H2,13,17). The van der Waals surface area contributed by atoms with Crippen LogP contribution in [0.15, 0.2) is 29.7 Å². The molecule has 18 heavy (non-hydrogen) atoms. The van der Waals surface area contributed by atoms with Gasteiger partial charge in [-0.1, -0.05) is 29.4 Å². The van der Waals surface area contributed by atoms with Gasteiger partial charge < -0.3 is 5.73 Å². The lowest BCUT2D eigenvalue weighted by molar-refractivity contribution is -0.115. The van der Waals surface area contributed by atoms with Crippen LogP contribution in [0.25, 0.3) is 5.69 Å². The third-order valence-electron chi connectivity index (χ3n) is 2.29. The van der Waals surface area contributed by atoms with Gasteiger partial charge in [0.25, 0.3) is 0 Å². The topological polar surface area (TPSA) is 73.8 Å². The summed E-state index contributed by atoms with van der Waals surface area (Å²) < 4.78 is 1.76. The summed E-state index contributed by atoms with van der Waals surface area (Å²) in [6, 6.07) is 5.66. The van der Waals surface area contributed by atoms with Gasteiger partial charge in [-0.2, -0.15) is 0 Å². The molecular weight excluding hydrogens is 272 g/mol. The van der Waals surface area contributed by atoms with Gasteiger partial charge in [-0.25, -0.2) is 0 Å². The predicted molar refractivity (Wildman–Crippen MR) is 71.0 cm³/mol. The highest BCUT2D eigenvalue weighted by Crippen LogP contribution is 2.23. The number of thioether (sulfide) groups is 1. The predicted octanol–water partition coefficient (Wildman–Crippen LogP) is 1.81. The number of halogens is 1. The van der Waals surface area contributed by atoms with Crippen LogP contribution in [0, 0.1) is 6.92 Å². The zero-order chi connectivity index (χ0) is 13.1. The van der Waals surface area contributed by atoms with Gasteiger partial charge in [0.15, 0.2) is 5.16 Å². The Bertz CT molecular complexity index is 584. The number of carbonyl (C=O) groups excluding carboxylic acids is 1. The van der Waals surface area contributed by atoms with Crippen LogP contribution >= 0.6 is 23.4 Å². The molecule has 0 aliphatic carbocycles.